The van der Waals surface area contributed by atoms with Crippen LogP contribution >= 0.6 is 0 Å². The summed E-state index contributed by atoms with van der Waals surface area (Å²) < 4.78 is 5.59. The molecular weight excluding hydrogens is 264 g/mol. The van der Waals surface area contributed by atoms with Gasteiger partial charge in [0.25, 0.3) is 0 Å². The summed E-state index contributed by atoms with van der Waals surface area (Å²) in [5, 5.41) is 4.27. The van der Waals surface area contributed by atoms with Crippen molar-refractivity contribution < 1.29 is 9.53 Å². The lowest BCUT2D eigenvalue weighted by molar-refractivity contribution is -0.149. The first-order valence-corrected chi connectivity index (χ1v) is 7.90. The third-order valence-corrected chi connectivity index (χ3v) is 4.55. The van der Waals surface area contributed by atoms with Gasteiger partial charge in [0.05, 0.1) is 13.2 Å². The Morgan fingerprint density at radius 1 is 1.24 bits per heavy atom. The molecule has 0 amide bonds. The van der Waals surface area contributed by atoms with Gasteiger partial charge in [-0.15, -0.1) is 0 Å². The second-order valence-electron chi connectivity index (χ2n) is 5.94. The molecule has 0 aliphatic carbocycles. The molecule has 4 nitrogen and oxygen atoms in total. The fourth-order valence-electron chi connectivity index (χ4n) is 3.58. The molecule has 0 bridgehead atoms. The van der Waals surface area contributed by atoms with E-state index in [0.717, 1.165) is 19.4 Å². The summed E-state index contributed by atoms with van der Waals surface area (Å²) in [6.45, 7) is 9.05. The summed E-state index contributed by atoms with van der Waals surface area (Å²) >= 11 is 0. The number of ether oxygens (including phenoxy) is 1. The van der Waals surface area contributed by atoms with Gasteiger partial charge in [0.1, 0.15) is 12.8 Å². The standard InChI is InChI=1S/C17H24N2O2/c1-4-13-8-12(3)9-14(5-2)16(13)17-15(20)10-18-6-7-21-11-19(17)18/h8-9,17H,4-7,10-11H2,1-3H3. The maximum atomic E-state index is 12.6. The van der Waals surface area contributed by atoms with E-state index in [4.69, 9.17) is 4.74 Å². The molecule has 1 unspecified atom stereocenters. The van der Waals surface area contributed by atoms with Crippen molar-refractivity contribution in [3.8, 4) is 0 Å². The highest BCUT2D eigenvalue weighted by atomic mass is 16.5. The Balaban J connectivity index is 2.08. The lowest BCUT2D eigenvalue weighted by atomic mass is 9.88. The van der Waals surface area contributed by atoms with Gasteiger partial charge >= 0.3 is 0 Å². The minimum Gasteiger partial charge on any atom is -0.363 e. The second kappa shape index (κ2) is 5.87. The van der Waals surface area contributed by atoms with Crippen molar-refractivity contribution in [1.29, 1.82) is 0 Å². The number of aryl methyl sites for hydroxylation is 3. The molecule has 0 radical (unpaired) electrons. The number of rotatable bonds is 3. The smallest absolute Gasteiger partial charge is 0.171 e. The monoisotopic (exact) mass is 288 g/mol. The fraction of sp³-hybridized carbons (Fsp3) is 0.588. The third-order valence-electron chi connectivity index (χ3n) is 4.55. The van der Waals surface area contributed by atoms with Gasteiger partial charge in [-0.05, 0) is 36.5 Å². The van der Waals surface area contributed by atoms with Crippen LogP contribution in [0.15, 0.2) is 12.1 Å². The predicted octanol–water partition coefficient (Wildman–Crippen LogP) is 2.25. The van der Waals surface area contributed by atoms with Crippen LogP contribution in [0.2, 0.25) is 0 Å². The Kier molecular flexibility index (Phi) is 4.11. The van der Waals surface area contributed by atoms with E-state index in [9.17, 15) is 4.79 Å². The summed E-state index contributed by atoms with van der Waals surface area (Å²) in [5.74, 6) is 0.300. The number of Topliss-reactive ketones (excluding diaryl/α,β-unsaturated/α-hetero) is 1. The second-order valence-corrected chi connectivity index (χ2v) is 5.94. The molecule has 2 aliphatic heterocycles. The molecular formula is C17H24N2O2. The van der Waals surface area contributed by atoms with E-state index in [1.165, 1.54) is 22.3 Å². The number of hydrazine groups is 1. The van der Waals surface area contributed by atoms with Crippen LogP contribution in [0.1, 0.15) is 42.1 Å². The van der Waals surface area contributed by atoms with E-state index < -0.39 is 0 Å². The van der Waals surface area contributed by atoms with Crippen LogP contribution in [0.4, 0.5) is 0 Å². The van der Waals surface area contributed by atoms with Crippen LogP contribution in [-0.4, -0.2) is 42.2 Å². The van der Waals surface area contributed by atoms with E-state index in [0.29, 0.717) is 25.7 Å². The van der Waals surface area contributed by atoms with Crippen LogP contribution in [0.3, 0.4) is 0 Å². The summed E-state index contributed by atoms with van der Waals surface area (Å²) in [6.07, 6.45) is 1.92. The topological polar surface area (TPSA) is 32.8 Å². The van der Waals surface area contributed by atoms with Gasteiger partial charge in [0.2, 0.25) is 0 Å². The molecule has 114 valence electrons. The van der Waals surface area contributed by atoms with Gasteiger partial charge in [-0.2, -0.15) is 0 Å². The average molecular weight is 288 g/mol. The maximum Gasteiger partial charge on any atom is 0.171 e. The Morgan fingerprint density at radius 2 is 1.90 bits per heavy atom. The minimum atomic E-state index is -0.157. The quantitative estimate of drug-likeness (QED) is 0.854. The Bertz CT molecular complexity index is 531. The van der Waals surface area contributed by atoms with Crippen LogP contribution in [-0.2, 0) is 22.4 Å². The van der Waals surface area contributed by atoms with E-state index in [2.05, 4.69) is 42.9 Å². The summed E-state index contributed by atoms with van der Waals surface area (Å²) in [6, 6.07) is 4.31. The van der Waals surface area contributed by atoms with Gasteiger partial charge in [0, 0.05) is 6.54 Å². The van der Waals surface area contributed by atoms with Crippen LogP contribution in [0, 0.1) is 6.92 Å². The number of carbonyl (C=O) groups excluding carboxylic acids is 1. The van der Waals surface area contributed by atoms with Gasteiger partial charge in [-0.3, -0.25) is 4.79 Å². The van der Waals surface area contributed by atoms with Crippen molar-refractivity contribution in [1.82, 2.24) is 10.0 Å². The zero-order valence-electron chi connectivity index (χ0n) is 13.2. The first-order valence-electron chi connectivity index (χ1n) is 7.90. The number of hydrogen-bond donors (Lipinski definition) is 0. The minimum absolute atomic E-state index is 0.157. The lowest BCUT2D eigenvalue weighted by Gasteiger charge is -2.36. The SMILES string of the molecule is CCc1cc(C)cc(CC)c1C1C(=O)CN2CCOCN12. The Hall–Kier alpha value is -1.23. The maximum absolute atomic E-state index is 12.6. The molecule has 0 spiro atoms. The molecule has 1 aromatic carbocycles. The number of carbonyl (C=O) groups is 1. The zero-order chi connectivity index (χ0) is 15.0. The molecule has 0 saturated carbocycles. The molecule has 2 saturated heterocycles. The number of benzene rings is 1. The van der Waals surface area contributed by atoms with Crippen molar-refractivity contribution in [2.24, 2.45) is 0 Å². The Labute approximate surface area is 126 Å². The summed E-state index contributed by atoms with van der Waals surface area (Å²) in [4.78, 5) is 12.6. The zero-order valence-corrected chi connectivity index (χ0v) is 13.2. The number of ketones is 1. The van der Waals surface area contributed by atoms with Crippen molar-refractivity contribution in [2.45, 2.75) is 39.7 Å². The van der Waals surface area contributed by atoms with E-state index in [-0.39, 0.29) is 6.04 Å². The average Bonchev–Trinajstić information content (AvgIpc) is 2.82. The van der Waals surface area contributed by atoms with Gasteiger partial charge in [-0.25, -0.2) is 10.0 Å². The molecule has 1 atom stereocenters. The van der Waals surface area contributed by atoms with Crippen molar-refractivity contribution in [2.75, 3.05) is 26.4 Å². The van der Waals surface area contributed by atoms with Gasteiger partial charge in [-0.1, -0.05) is 31.5 Å². The molecule has 0 aromatic heterocycles. The van der Waals surface area contributed by atoms with E-state index in [1.807, 2.05) is 0 Å². The highest BCUT2D eigenvalue weighted by Gasteiger charge is 2.42. The van der Waals surface area contributed by atoms with Crippen molar-refractivity contribution >= 4 is 5.78 Å². The summed E-state index contributed by atoms with van der Waals surface area (Å²) in [7, 11) is 0. The predicted molar refractivity (Wildman–Crippen MR) is 81.9 cm³/mol. The molecule has 2 heterocycles. The highest BCUT2D eigenvalue weighted by Crippen LogP contribution is 2.36. The van der Waals surface area contributed by atoms with Crippen molar-refractivity contribution in [3.63, 3.8) is 0 Å². The normalized spacial score (nSPS) is 23.6. The molecule has 2 aliphatic rings. The lowest BCUT2D eigenvalue weighted by Crippen LogP contribution is -2.46. The van der Waals surface area contributed by atoms with Crippen LogP contribution in [0.25, 0.3) is 0 Å². The third kappa shape index (κ3) is 2.52. The first-order chi connectivity index (χ1) is 10.2. The molecule has 1 aromatic rings. The molecule has 2 fully saturated rings. The molecule has 0 N–H and O–H groups in total. The Morgan fingerprint density at radius 3 is 2.52 bits per heavy atom. The largest absolute Gasteiger partial charge is 0.363 e. The van der Waals surface area contributed by atoms with Crippen LogP contribution < -0.4 is 0 Å². The molecule has 3 rings (SSSR count). The van der Waals surface area contributed by atoms with Crippen LogP contribution in [0.5, 0.6) is 0 Å². The number of hydrogen-bond acceptors (Lipinski definition) is 4. The number of fused-ring (bicyclic) bond motifs is 1. The fourth-order valence-corrected chi connectivity index (χ4v) is 3.58. The molecule has 21 heavy (non-hydrogen) atoms. The van der Waals surface area contributed by atoms with Gasteiger partial charge < -0.3 is 4.74 Å². The van der Waals surface area contributed by atoms with E-state index >= 15 is 0 Å². The molecule has 4 heteroatoms. The van der Waals surface area contributed by atoms with Crippen molar-refractivity contribution in [3.05, 3.63) is 34.4 Å². The highest BCUT2D eigenvalue weighted by molar-refractivity contribution is 5.89. The number of nitrogens with zero attached hydrogens (tertiary/aromatic N) is 2. The van der Waals surface area contributed by atoms with Gasteiger partial charge in [0.15, 0.2) is 5.78 Å². The first kappa shape index (κ1) is 14.7. The van der Waals surface area contributed by atoms with E-state index in [1.54, 1.807) is 0 Å². The summed E-state index contributed by atoms with van der Waals surface area (Å²) in [5.41, 5.74) is 5.11.